The number of anilines is 2. The van der Waals surface area contributed by atoms with Crippen molar-refractivity contribution in [2.45, 2.75) is 18.2 Å². The van der Waals surface area contributed by atoms with Crippen LogP contribution in [0.2, 0.25) is 0 Å². The average molecular weight is 499 g/mol. The molecule has 10 heteroatoms. The van der Waals surface area contributed by atoms with Crippen molar-refractivity contribution >= 4 is 49.8 Å². The summed E-state index contributed by atoms with van der Waals surface area (Å²) in [5, 5.41) is 3.94. The Morgan fingerprint density at radius 2 is 1.74 bits per heavy atom. The average Bonchev–Trinajstić information content (AvgIpc) is 3.31. The van der Waals surface area contributed by atoms with Gasteiger partial charge in [0, 0.05) is 53.9 Å². The molecule has 178 valence electrons. The van der Waals surface area contributed by atoms with Crippen LogP contribution in [0.4, 0.5) is 11.4 Å². The number of carbonyl (C=O) groups is 2. The maximum Gasteiger partial charge on any atom is 0.254 e. The predicted molar refractivity (Wildman–Crippen MR) is 136 cm³/mol. The van der Waals surface area contributed by atoms with Crippen molar-refractivity contribution < 1.29 is 18.0 Å². The molecule has 5 rings (SSSR count). The van der Waals surface area contributed by atoms with Gasteiger partial charge in [0.05, 0.1) is 17.5 Å². The molecule has 1 N–H and O–H groups in total. The lowest BCUT2D eigenvalue weighted by Crippen LogP contribution is -2.48. The van der Waals surface area contributed by atoms with Gasteiger partial charge in [0.15, 0.2) is 20.8 Å². The van der Waals surface area contributed by atoms with Crippen molar-refractivity contribution in [1.29, 1.82) is 0 Å². The lowest BCUT2D eigenvalue weighted by Gasteiger charge is -2.36. The highest BCUT2D eigenvalue weighted by molar-refractivity contribution is 8.15. The zero-order chi connectivity index (χ0) is 23.9. The third-order valence-corrected chi connectivity index (χ3v) is 9.53. The van der Waals surface area contributed by atoms with E-state index >= 15 is 0 Å². The fourth-order valence-corrected chi connectivity index (χ4v) is 8.20. The maximum absolute atomic E-state index is 13.1. The first kappa shape index (κ1) is 22.9. The Morgan fingerprint density at radius 3 is 2.41 bits per heavy atom. The largest absolute Gasteiger partial charge is 0.368 e. The molecule has 3 aliphatic heterocycles. The second-order valence-electron chi connectivity index (χ2n) is 8.82. The number of benzene rings is 2. The highest BCUT2D eigenvalue weighted by atomic mass is 32.2. The third-order valence-electron chi connectivity index (χ3n) is 6.38. The molecule has 2 fully saturated rings. The minimum absolute atomic E-state index is 0.0146. The Hall–Kier alpha value is -2.85. The highest BCUT2D eigenvalue weighted by Crippen LogP contribution is 2.34. The van der Waals surface area contributed by atoms with E-state index in [0.717, 1.165) is 24.5 Å². The molecule has 2 aromatic rings. The van der Waals surface area contributed by atoms with Crippen LogP contribution in [0.1, 0.15) is 27.6 Å². The number of Topliss-reactive ketones (excluding diaryl/α,β-unsaturated/α-hetero) is 1. The first-order valence-corrected chi connectivity index (χ1v) is 13.9. The predicted octanol–water partition coefficient (Wildman–Crippen LogP) is 2.53. The summed E-state index contributed by atoms with van der Waals surface area (Å²) in [5.74, 6) is 0.316. The van der Waals surface area contributed by atoms with Crippen molar-refractivity contribution in [3.05, 3.63) is 59.7 Å². The summed E-state index contributed by atoms with van der Waals surface area (Å²) < 4.78 is 23.5. The summed E-state index contributed by atoms with van der Waals surface area (Å²) in [6, 6.07) is 14.8. The van der Waals surface area contributed by atoms with Crippen LogP contribution in [0.15, 0.2) is 53.5 Å². The molecular weight excluding hydrogens is 472 g/mol. The Morgan fingerprint density at radius 1 is 1.00 bits per heavy atom. The van der Waals surface area contributed by atoms with Gasteiger partial charge in [0.2, 0.25) is 0 Å². The summed E-state index contributed by atoms with van der Waals surface area (Å²) in [4.78, 5) is 33.2. The molecule has 0 bridgehead atoms. The molecule has 0 aliphatic carbocycles. The van der Waals surface area contributed by atoms with Gasteiger partial charge in [-0.3, -0.25) is 14.6 Å². The molecule has 2 unspecified atom stereocenters. The van der Waals surface area contributed by atoms with E-state index < -0.39 is 9.84 Å². The zero-order valence-electron chi connectivity index (χ0n) is 18.8. The number of ketones is 1. The molecule has 1 amide bonds. The zero-order valence-corrected chi connectivity index (χ0v) is 20.4. The summed E-state index contributed by atoms with van der Waals surface area (Å²) in [6.07, 6.45) is 0. The lowest BCUT2D eigenvalue weighted by molar-refractivity contribution is 0.0746. The number of carbonyl (C=O) groups excluding carboxylic acids is 2. The van der Waals surface area contributed by atoms with Crippen molar-refractivity contribution in [3.8, 4) is 0 Å². The molecule has 0 saturated carbocycles. The number of hydrogen-bond donors (Lipinski definition) is 1. The summed E-state index contributed by atoms with van der Waals surface area (Å²) in [7, 11) is -2.98. The number of fused-ring (bicyclic) bond motifs is 1. The van der Waals surface area contributed by atoms with Gasteiger partial charge in [-0.25, -0.2) is 8.42 Å². The van der Waals surface area contributed by atoms with Gasteiger partial charge in [-0.05, 0) is 49.4 Å². The minimum atomic E-state index is -2.98. The van der Waals surface area contributed by atoms with Crippen LogP contribution in [0.3, 0.4) is 0 Å². The number of nitrogens with one attached hydrogen (secondary N) is 1. The monoisotopic (exact) mass is 498 g/mol. The molecule has 3 heterocycles. The first-order valence-electron chi connectivity index (χ1n) is 11.2. The Balaban J connectivity index is 1.19. The van der Waals surface area contributed by atoms with E-state index in [1.54, 1.807) is 6.92 Å². The van der Waals surface area contributed by atoms with Crippen LogP contribution >= 0.6 is 11.8 Å². The van der Waals surface area contributed by atoms with Gasteiger partial charge < -0.3 is 15.1 Å². The van der Waals surface area contributed by atoms with Crippen LogP contribution in [0.5, 0.6) is 0 Å². The van der Waals surface area contributed by atoms with E-state index in [1.165, 1.54) is 11.8 Å². The van der Waals surface area contributed by atoms with Crippen LogP contribution in [0.25, 0.3) is 0 Å². The number of rotatable bonds is 4. The highest BCUT2D eigenvalue weighted by Gasteiger charge is 2.42. The molecular formula is C24H26N4O4S2. The van der Waals surface area contributed by atoms with E-state index in [1.807, 2.05) is 53.4 Å². The molecule has 0 spiro atoms. The van der Waals surface area contributed by atoms with Crippen LogP contribution in [0, 0.1) is 0 Å². The van der Waals surface area contributed by atoms with Crippen molar-refractivity contribution in [3.63, 3.8) is 0 Å². The van der Waals surface area contributed by atoms with E-state index in [2.05, 4.69) is 15.2 Å². The molecule has 0 radical (unpaired) electrons. The van der Waals surface area contributed by atoms with E-state index in [9.17, 15) is 18.0 Å². The normalized spacial score (nSPS) is 23.4. The van der Waals surface area contributed by atoms with E-state index in [4.69, 9.17) is 0 Å². The molecule has 0 aromatic heterocycles. The Bertz CT molecular complexity index is 1250. The lowest BCUT2D eigenvalue weighted by atomic mass is 10.1. The molecule has 3 aliphatic rings. The number of amidine groups is 1. The van der Waals surface area contributed by atoms with Crippen LogP contribution < -0.4 is 10.2 Å². The van der Waals surface area contributed by atoms with Gasteiger partial charge >= 0.3 is 0 Å². The summed E-state index contributed by atoms with van der Waals surface area (Å²) in [5.41, 5.74) is 3.12. The first-order chi connectivity index (χ1) is 16.3. The molecule has 34 heavy (non-hydrogen) atoms. The number of piperazine rings is 1. The van der Waals surface area contributed by atoms with Gasteiger partial charge in [-0.15, -0.1) is 0 Å². The molecule has 2 saturated heterocycles. The van der Waals surface area contributed by atoms with Crippen molar-refractivity contribution in [2.75, 3.05) is 47.9 Å². The molecule has 8 nitrogen and oxygen atoms in total. The van der Waals surface area contributed by atoms with E-state index in [-0.39, 0.29) is 34.5 Å². The Kier molecular flexibility index (Phi) is 6.11. The molecule has 2 atom stereocenters. The van der Waals surface area contributed by atoms with Gasteiger partial charge in [-0.1, -0.05) is 17.8 Å². The van der Waals surface area contributed by atoms with Gasteiger partial charge in [0.25, 0.3) is 5.91 Å². The fraction of sp³-hybridized carbons (Fsp3) is 0.375. The van der Waals surface area contributed by atoms with E-state index in [0.29, 0.717) is 29.4 Å². The number of nitrogens with zero attached hydrogens (tertiary/aromatic N) is 3. The minimum Gasteiger partial charge on any atom is -0.368 e. The van der Waals surface area contributed by atoms with Crippen molar-refractivity contribution in [2.24, 2.45) is 4.99 Å². The van der Waals surface area contributed by atoms with Crippen LogP contribution in [-0.4, -0.2) is 79.2 Å². The van der Waals surface area contributed by atoms with Gasteiger partial charge in [0.1, 0.15) is 0 Å². The smallest absolute Gasteiger partial charge is 0.254 e. The fourth-order valence-electron chi connectivity index (χ4n) is 4.53. The number of amides is 1. The second-order valence-corrected chi connectivity index (χ2v) is 12.2. The summed E-state index contributed by atoms with van der Waals surface area (Å²) in [6.45, 7) is 4.24. The SMILES string of the molecule is CC(=O)c1ccc(N2CCN(C(=O)c3cccc(NC4=NC5CS(=O)(=O)CC5S4)c3)CC2)cc1. The molecule has 2 aromatic carbocycles. The topological polar surface area (TPSA) is 99.2 Å². The number of sulfone groups is 1. The number of aliphatic imine (C=N–C) groups is 1. The standard InChI is InChI=1S/C24H26N4O4S2/c1-16(29)17-5-7-20(8-6-17)27-9-11-28(12-10-27)23(30)18-3-2-4-19(13-18)25-24-26-21-14-34(31,32)15-22(21)33-24/h2-8,13,21-22H,9-12,14-15H2,1H3,(H,25,26). The third kappa shape index (κ3) is 4.83. The number of thioether (sulfide) groups is 1. The Labute approximate surface area is 203 Å². The second kappa shape index (κ2) is 9.07. The quantitative estimate of drug-likeness (QED) is 0.647. The van der Waals surface area contributed by atoms with Crippen molar-refractivity contribution in [1.82, 2.24) is 4.90 Å². The van der Waals surface area contributed by atoms with Gasteiger partial charge in [-0.2, -0.15) is 0 Å². The maximum atomic E-state index is 13.1. The summed E-state index contributed by atoms with van der Waals surface area (Å²) >= 11 is 1.46. The van der Waals surface area contributed by atoms with Crippen LogP contribution in [-0.2, 0) is 9.84 Å². The number of hydrogen-bond acceptors (Lipinski definition) is 8.